The molecule has 1 saturated carbocycles. The summed E-state index contributed by atoms with van der Waals surface area (Å²) < 4.78 is 0. The molecule has 0 heterocycles. The highest BCUT2D eigenvalue weighted by Gasteiger charge is 2.19. The largest absolute Gasteiger partial charge is 0.314 e. The number of nitrogens with one attached hydrogen (secondary N) is 1. The molecule has 0 radical (unpaired) electrons. The summed E-state index contributed by atoms with van der Waals surface area (Å²) in [5, 5.41) is 3.73. The second-order valence-corrected chi connectivity index (χ2v) is 6.00. The average molecular weight is 225 g/mol. The van der Waals surface area contributed by atoms with Gasteiger partial charge in [-0.15, -0.1) is 0 Å². The fraction of sp³-hybridized carbons (Fsp3) is 1.00. The Balaban J connectivity index is 2.03. The molecule has 0 aliphatic heterocycles. The lowest BCUT2D eigenvalue weighted by Crippen LogP contribution is -2.34. The van der Waals surface area contributed by atoms with Gasteiger partial charge in [0.05, 0.1) is 0 Å². The third kappa shape index (κ3) is 5.89. The Kier molecular flexibility index (Phi) is 7.11. The molecule has 0 unspecified atom stereocenters. The van der Waals surface area contributed by atoms with Crippen molar-refractivity contribution in [2.75, 3.05) is 6.54 Å². The summed E-state index contributed by atoms with van der Waals surface area (Å²) in [7, 11) is 0. The molecule has 16 heavy (non-hydrogen) atoms. The average Bonchev–Trinajstić information content (AvgIpc) is 2.27. The highest BCUT2D eigenvalue weighted by atomic mass is 14.9. The van der Waals surface area contributed by atoms with Crippen LogP contribution in [-0.4, -0.2) is 12.6 Å². The van der Waals surface area contributed by atoms with Gasteiger partial charge in [-0.1, -0.05) is 40.0 Å². The van der Waals surface area contributed by atoms with Crippen molar-refractivity contribution in [1.29, 1.82) is 0 Å². The first-order chi connectivity index (χ1) is 7.72. The van der Waals surface area contributed by atoms with Crippen LogP contribution in [0.4, 0.5) is 0 Å². The fourth-order valence-electron chi connectivity index (χ4n) is 2.72. The Labute approximate surface area is 102 Å². The second-order valence-electron chi connectivity index (χ2n) is 6.00. The van der Waals surface area contributed by atoms with Gasteiger partial charge in [0, 0.05) is 6.04 Å². The smallest absolute Gasteiger partial charge is 0.00672 e. The Morgan fingerprint density at radius 3 is 2.38 bits per heavy atom. The molecule has 0 aromatic carbocycles. The fourth-order valence-corrected chi connectivity index (χ4v) is 2.72. The molecular weight excluding hydrogens is 194 g/mol. The van der Waals surface area contributed by atoms with Gasteiger partial charge in [-0.2, -0.15) is 0 Å². The summed E-state index contributed by atoms with van der Waals surface area (Å²) >= 11 is 0. The van der Waals surface area contributed by atoms with Crippen molar-refractivity contribution in [2.24, 2.45) is 11.8 Å². The molecule has 1 fully saturated rings. The maximum atomic E-state index is 3.73. The van der Waals surface area contributed by atoms with Crippen molar-refractivity contribution in [3.8, 4) is 0 Å². The van der Waals surface area contributed by atoms with Crippen molar-refractivity contribution in [3.63, 3.8) is 0 Å². The van der Waals surface area contributed by atoms with Crippen molar-refractivity contribution in [2.45, 2.75) is 78.2 Å². The van der Waals surface area contributed by atoms with E-state index in [0.29, 0.717) is 0 Å². The molecule has 1 aliphatic rings. The Hall–Kier alpha value is -0.0400. The van der Waals surface area contributed by atoms with Crippen LogP contribution in [-0.2, 0) is 0 Å². The molecule has 0 amide bonds. The minimum absolute atomic E-state index is 0.830. The van der Waals surface area contributed by atoms with Crippen LogP contribution in [0.5, 0.6) is 0 Å². The van der Waals surface area contributed by atoms with Gasteiger partial charge < -0.3 is 5.32 Å². The van der Waals surface area contributed by atoms with Crippen LogP contribution in [0, 0.1) is 11.8 Å². The van der Waals surface area contributed by atoms with E-state index in [1.165, 1.54) is 57.9 Å². The van der Waals surface area contributed by atoms with Crippen LogP contribution in [0.3, 0.4) is 0 Å². The highest BCUT2D eigenvalue weighted by Crippen LogP contribution is 2.28. The highest BCUT2D eigenvalue weighted by molar-refractivity contribution is 4.77. The molecule has 0 saturated heterocycles. The lowest BCUT2D eigenvalue weighted by atomic mass is 9.83. The van der Waals surface area contributed by atoms with E-state index in [0.717, 1.165) is 17.9 Å². The van der Waals surface area contributed by atoms with Crippen molar-refractivity contribution >= 4 is 0 Å². The van der Waals surface area contributed by atoms with Gasteiger partial charge in [-0.25, -0.2) is 0 Å². The number of hydrogen-bond donors (Lipinski definition) is 1. The van der Waals surface area contributed by atoms with Crippen LogP contribution in [0.2, 0.25) is 0 Å². The van der Waals surface area contributed by atoms with E-state index in [1.807, 2.05) is 0 Å². The zero-order valence-electron chi connectivity index (χ0n) is 11.6. The SMILES string of the molecule is CCCCC1CCC(NCCC(C)C)CC1. The van der Waals surface area contributed by atoms with E-state index in [-0.39, 0.29) is 0 Å². The van der Waals surface area contributed by atoms with E-state index < -0.39 is 0 Å². The lowest BCUT2D eigenvalue weighted by molar-refractivity contribution is 0.273. The van der Waals surface area contributed by atoms with Crippen LogP contribution in [0.1, 0.15) is 72.1 Å². The quantitative estimate of drug-likeness (QED) is 0.678. The summed E-state index contributed by atoms with van der Waals surface area (Å²) in [6, 6.07) is 0.830. The number of rotatable bonds is 7. The third-order valence-electron chi connectivity index (χ3n) is 3.97. The monoisotopic (exact) mass is 225 g/mol. The maximum absolute atomic E-state index is 3.73. The molecule has 96 valence electrons. The van der Waals surface area contributed by atoms with Crippen LogP contribution in [0.15, 0.2) is 0 Å². The molecule has 0 bridgehead atoms. The second kappa shape index (κ2) is 8.11. The minimum Gasteiger partial charge on any atom is -0.314 e. The molecule has 1 nitrogen and oxygen atoms in total. The van der Waals surface area contributed by atoms with Gasteiger partial charge in [0.25, 0.3) is 0 Å². The van der Waals surface area contributed by atoms with E-state index in [2.05, 4.69) is 26.1 Å². The van der Waals surface area contributed by atoms with Gasteiger partial charge in [0.15, 0.2) is 0 Å². The standard InChI is InChI=1S/C15H31N/c1-4-5-6-14-7-9-15(10-8-14)16-12-11-13(2)3/h13-16H,4-12H2,1-3H3. The predicted molar refractivity (Wildman–Crippen MR) is 72.7 cm³/mol. The van der Waals surface area contributed by atoms with Gasteiger partial charge in [0.2, 0.25) is 0 Å². The molecule has 0 aromatic rings. The summed E-state index contributed by atoms with van der Waals surface area (Å²) in [4.78, 5) is 0. The van der Waals surface area contributed by atoms with Gasteiger partial charge in [0.1, 0.15) is 0 Å². The molecule has 0 spiro atoms. The van der Waals surface area contributed by atoms with Crippen LogP contribution in [0.25, 0.3) is 0 Å². The molecule has 1 aliphatic carbocycles. The van der Waals surface area contributed by atoms with Crippen molar-refractivity contribution in [3.05, 3.63) is 0 Å². The molecular formula is C15H31N. The van der Waals surface area contributed by atoms with Gasteiger partial charge in [-0.05, 0) is 50.5 Å². The zero-order valence-corrected chi connectivity index (χ0v) is 11.6. The summed E-state index contributed by atoms with van der Waals surface area (Å²) in [5.41, 5.74) is 0. The van der Waals surface area contributed by atoms with Crippen molar-refractivity contribution in [1.82, 2.24) is 5.32 Å². The molecule has 1 rings (SSSR count). The first-order valence-corrected chi connectivity index (χ1v) is 7.45. The summed E-state index contributed by atoms with van der Waals surface area (Å²) in [6.07, 6.45) is 11.4. The Morgan fingerprint density at radius 2 is 1.81 bits per heavy atom. The Morgan fingerprint density at radius 1 is 1.12 bits per heavy atom. The van der Waals surface area contributed by atoms with E-state index >= 15 is 0 Å². The first-order valence-electron chi connectivity index (χ1n) is 7.45. The minimum atomic E-state index is 0.830. The van der Waals surface area contributed by atoms with E-state index in [1.54, 1.807) is 0 Å². The van der Waals surface area contributed by atoms with Gasteiger partial charge in [-0.3, -0.25) is 0 Å². The predicted octanol–water partition coefficient (Wildman–Crippen LogP) is 4.37. The number of hydrogen-bond acceptors (Lipinski definition) is 1. The molecule has 0 atom stereocenters. The molecule has 0 aromatic heterocycles. The normalized spacial score (nSPS) is 26.2. The van der Waals surface area contributed by atoms with E-state index in [9.17, 15) is 0 Å². The van der Waals surface area contributed by atoms with E-state index in [4.69, 9.17) is 0 Å². The molecule has 1 N–H and O–H groups in total. The molecule has 1 heteroatoms. The van der Waals surface area contributed by atoms with Crippen molar-refractivity contribution < 1.29 is 0 Å². The van der Waals surface area contributed by atoms with Crippen LogP contribution < -0.4 is 5.32 Å². The topological polar surface area (TPSA) is 12.0 Å². The van der Waals surface area contributed by atoms with Crippen LogP contribution >= 0.6 is 0 Å². The first kappa shape index (κ1) is 14.0. The summed E-state index contributed by atoms with van der Waals surface area (Å²) in [6.45, 7) is 8.15. The van der Waals surface area contributed by atoms with Gasteiger partial charge >= 0.3 is 0 Å². The number of unbranched alkanes of at least 4 members (excludes halogenated alkanes) is 1. The maximum Gasteiger partial charge on any atom is 0.00672 e. The zero-order chi connectivity index (χ0) is 11.8. The lowest BCUT2D eigenvalue weighted by Gasteiger charge is -2.29. The Bertz CT molecular complexity index is 157. The summed E-state index contributed by atoms with van der Waals surface area (Å²) in [5.74, 6) is 1.89. The third-order valence-corrected chi connectivity index (χ3v) is 3.97.